The maximum atomic E-state index is 14.1. The Hall–Kier alpha value is -3.59. The standard InChI is InChI=1S/C26H25F2N5O2/c1-13-25(14(2)35-31-13)15-3-6-22-21(9-15)30-26(33(22)18-10-16(29)11-18)23-7-8-24(34)32(23)17-4-5-19(27)20(28)12-17/h3-6,9,12,16,18,23H,7-8,10-11,29H2,1-2H3. The third-order valence-corrected chi connectivity index (χ3v) is 7.25. The first-order valence-electron chi connectivity index (χ1n) is 11.8. The van der Waals surface area contributed by atoms with Gasteiger partial charge in [0.2, 0.25) is 5.91 Å². The van der Waals surface area contributed by atoms with Crippen molar-refractivity contribution in [1.29, 1.82) is 0 Å². The predicted octanol–water partition coefficient (Wildman–Crippen LogP) is 5.12. The lowest BCUT2D eigenvalue weighted by Gasteiger charge is -2.36. The Kier molecular flexibility index (Phi) is 5.00. The van der Waals surface area contributed by atoms with Crippen molar-refractivity contribution in [3.63, 3.8) is 0 Å². The highest BCUT2D eigenvalue weighted by atomic mass is 19.2. The van der Waals surface area contributed by atoms with Gasteiger partial charge in [0.1, 0.15) is 11.6 Å². The van der Waals surface area contributed by atoms with Gasteiger partial charge in [-0.1, -0.05) is 11.2 Å². The van der Waals surface area contributed by atoms with E-state index in [4.69, 9.17) is 15.2 Å². The van der Waals surface area contributed by atoms with Crippen LogP contribution < -0.4 is 10.6 Å². The van der Waals surface area contributed by atoms with E-state index in [1.165, 1.54) is 6.07 Å². The molecule has 1 unspecified atom stereocenters. The molecule has 1 saturated heterocycles. The molecule has 0 bridgehead atoms. The molecule has 2 aromatic carbocycles. The second-order valence-corrected chi connectivity index (χ2v) is 9.54. The van der Waals surface area contributed by atoms with Gasteiger partial charge in [-0.3, -0.25) is 4.79 Å². The average Bonchev–Trinajstić information content (AvgIpc) is 3.47. The topological polar surface area (TPSA) is 90.2 Å². The summed E-state index contributed by atoms with van der Waals surface area (Å²) in [4.78, 5) is 19.5. The molecule has 1 atom stereocenters. The van der Waals surface area contributed by atoms with Crippen LogP contribution in [0.4, 0.5) is 14.5 Å². The van der Waals surface area contributed by atoms with Crippen LogP contribution in [0.3, 0.4) is 0 Å². The van der Waals surface area contributed by atoms with Gasteiger partial charge in [-0.25, -0.2) is 13.8 Å². The molecule has 180 valence electrons. The maximum absolute atomic E-state index is 14.1. The second kappa shape index (κ2) is 7.98. The fraction of sp³-hybridized carbons (Fsp3) is 0.346. The van der Waals surface area contributed by atoms with Crippen molar-refractivity contribution in [2.45, 2.75) is 57.7 Å². The fourth-order valence-electron chi connectivity index (χ4n) is 5.51. The van der Waals surface area contributed by atoms with Crippen molar-refractivity contribution in [2.75, 3.05) is 4.90 Å². The van der Waals surface area contributed by atoms with E-state index < -0.39 is 11.6 Å². The molecule has 2 aromatic heterocycles. The first-order valence-corrected chi connectivity index (χ1v) is 11.8. The summed E-state index contributed by atoms with van der Waals surface area (Å²) in [6.45, 7) is 3.78. The van der Waals surface area contributed by atoms with Gasteiger partial charge in [0.05, 0.1) is 22.8 Å². The van der Waals surface area contributed by atoms with Crippen LogP contribution in [0.2, 0.25) is 0 Å². The van der Waals surface area contributed by atoms with E-state index in [0.29, 0.717) is 18.5 Å². The maximum Gasteiger partial charge on any atom is 0.227 e. The first-order chi connectivity index (χ1) is 16.8. The normalized spacial score (nSPS) is 22.3. The number of imidazole rings is 1. The number of aromatic nitrogens is 3. The van der Waals surface area contributed by atoms with Gasteiger partial charge in [0.25, 0.3) is 0 Å². The molecule has 0 spiro atoms. The third-order valence-electron chi connectivity index (χ3n) is 7.25. The number of hydrogen-bond acceptors (Lipinski definition) is 5. The molecular weight excluding hydrogens is 452 g/mol. The zero-order chi connectivity index (χ0) is 24.4. The molecule has 4 aromatic rings. The van der Waals surface area contributed by atoms with Crippen LogP contribution >= 0.6 is 0 Å². The van der Waals surface area contributed by atoms with Gasteiger partial charge in [-0.05, 0) is 62.9 Å². The van der Waals surface area contributed by atoms with E-state index in [0.717, 1.165) is 64.4 Å². The van der Waals surface area contributed by atoms with Crippen molar-refractivity contribution < 1.29 is 18.1 Å². The van der Waals surface area contributed by atoms with Gasteiger partial charge in [-0.2, -0.15) is 0 Å². The number of nitrogens with two attached hydrogens (primary N) is 1. The van der Waals surface area contributed by atoms with Crippen molar-refractivity contribution in [1.82, 2.24) is 14.7 Å². The predicted molar refractivity (Wildman–Crippen MR) is 127 cm³/mol. The van der Waals surface area contributed by atoms with Gasteiger partial charge in [-0.15, -0.1) is 0 Å². The minimum absolute atomic E-state index is 0.124. The third kappa shape index (κ3) is 3.44. The Labute approximate surface area is 200 Å². The second-order valence-electron chi connectivity index (χ2n) is 9.54. The quantitative estimate of drug-likeness (QED) is 0.441. The SMILES string of the molecule is Cc1noc(C)c1-c1ccc2c(c1)nc(C1CCC(=O)N1c1ccc(F)c(F)c1)n2C1CC(N)C1. The Morgan fingerprint density at radius 1 is 1.09 bits per heavy atom. The number of carbonyl (C=O) groups excluding carboxylic acids is 1. The molecule has 6 rings (SSSR count). The molecule has 1 saturated carbocycles. The highest BCUT2D eigenvalue weighted by Gasteiger charge is 2.40. The molecule has 0 radical (unpaired) electrons. The van der Waals surface area contributed by atoms with E-state index in [1.54, 1.807) is 4.90 Å². The summed E-state index contributed by atoms with van der Waals surface area (Å²) in [6.07, 6.45) is 2.48. The number of aryl methyl sites for hydroxylation is 2. The number of nitrogens with zero attached hydrogens (tertiary/aromatic N) is 4. The summed E-state index contributed by atoms with van der Waals surface area (Å²) >= 11 is 0. The summed E-state index contributed by atoms with van der Waals surface area (Å²) in [5.74, 6) is -0.592. The molecule has 35 heavy (non-hydrogen) atoms. The number of carbonyl (C=O) groups is 1. The smallest absolute Gasteiger partial charge is 0.227 e. The van der Waals surface area contributed by atoms with E-state index in [2.05, 4.69) is 9.72 Å². The number of halogens is 2. The van der Waals surface area contributed by atoms with E-state index in [9.17, 15) is 13.6 Å². The summed E-state index contributed by atoms with van der Waals surface area (Å²) in [5, 5.41) is 4.07. The van der Waals surface area contributed by atoms with Crippen molar-refractivity contribution >= 4 is 22.6 Å². The van der Waals surface area contributed by atoms with Crippen LogP contribution in [0.5, 0.6) is 0 Å². The molecule has 1 aliphatic carbocycles. The van der Waals surface area contributed by atoms with E-state index in [1.807, 2.05) is 32.0 Å². The molecule has 9 heteroatoms. The Bertz CT molecular complexity index is 1450. The van der Waals surface area contributed by atoms with Crippen LogP contribution in [0.25, 0.3) is 22.2 Å². The monoisotopic (exact) mass is 477 g/mol. The Morgan fingerprint density at radius 2 is 1.89 bits per heavy atom. The van der Waals surface area contributed by atoms with E-state index >= 15 is 0 Å². The molecule has 1 amide bonds. The van der Waals surface area contributed by atoms with Crippen molar-refractivity contribution in [3.05, 3.63) is 65.3 Å². The van der Waals surface area contributed by atoms with Gasteiger partial charge in [0.15, 0.2) is 11.6 Å². The number of fused-ring (bicyclic) bond motifs is 1. The molecule has 2 fully saturated rings. The van der Waals surface area contributed by atoms with Crippen LogP contribution in [0, 0.1) is 25.5 Å². The largest absolute Gasteiger partial charge is 0.361 e. The van der Waals surface area contributed by atoms with Gasteiger partial charge >= 0.3 is 0 Å². The summed E-state index contributed by atoms with van der Waals surface area (Å²) in [6, 6.07) is 9.55. The molecule has 7 nitrogen and oxygen atoms in total. The van der Waals surface area contributed by atoms with Crippen LogP contribution in [0.15, 0.2) is 40.9 Å². The highest BCUT2D eigenvalue weighted by Crippen LogP contribution is 2.43. The Balaban J connectivity index is 1.50. The molecule has 2 N–H and O–H groups in total. The molecule has 3 heterocycles. The lowest BCUT2D eigenvalue weighted by molar-refractivity contribution is -0.117. The zero-order valence-electron chi connectivity index (χ0n) is 19.5. The average molecular weight is 478 g/mol. The van der Waals surface area contributed by atoms with E-state index in [-0.39, 0.29) is 24.0 Å². The lowest BCUT2D eigenvalue weighted by Crippen LogP contribution is -2.39. The van der Waals surface area contributed by atoms with Crippen molar-refractivity contribution in [3.8, 4) is 11.1 Å². The van der Waals surface area contributed by atoms with Crippen molar-refractivity contribution in [2.24, 2.45) is 5.73 Å². The first kappa shape index (κ1) is 21.9. The van der Waals surface area contributed by atoms with Crippen LogP contribution in [-0.4, -0.2) is 26.7 Å². The molecular formula is C26H25F2N5O2. The fourth-order valence-corrected chi connectivity index (χ4v) is 5.51. The summed E-state index contributed by atoms with van der Waals surface area (Å²) in [7, 11) is 0. The van der Waals surface area contributed by atoms with Crippen LogP contribution in [0.1, 0.15) is 55.0 Å². The molecule has 2 aliphatic rings. The van der Waals surface area contributed by atoms with Gasteiger partial charge in [0, 0.05) is 35.8 Å². The number of rotatable bonds is 4. The number of amides is 1. The lowest BCUT2D eigenvalue weighted by atomic mass is 9.87. The minimum atomic E-state index is -0.983. The minimum Gasteiger partial charge on any atom is -0.361 e. The summed E-state index contributed by atoms with van der Waals surface area (Å²) in [5.41, 5.74) is 10.9. The summed E-state index contributed by atoms with van der Waals surface area (Å²) < 4.78 is 35.2. The van der Waals surface area contributed by atoms with Gasteiger partial charge < -0.3 is 19.7 Å². The zero-order valence-corrected chi connectivity index (χ0v) is 19.5. The number of anilines is 1. The van der Waals surface area contributed by atoms with Crippen LogP contribution in [-0.2, 0) is 4.79 Å². The number of hydrogen-bond donors (Lipinski definition) is 1. The molecule has 1 aliphatic heterocycles. The number of benzene rings is 2. The Morgan fingerprint density at radius 3 is 2.57 bits per heavy atom. The highest BCUT2D eigenvalue weighted by molar-refractivity contribution is 5.96.